The van der Waals surface area contributed by atoms with E-state index >= 15 is 0 Å². The van der Waals surface area contributed by atoms with Crippen LogP contribution in [0, 0.1) is 0 Å². The largest absolute Gasteiger partial charge is 0.459 e. The first-order valence-corrected chi connectivity index (χ1v) is 11.6. The summed E-state index contributed by atoms with van der Waals surface area (Å²) in [6.07, 6.45) is -6.60. The van der Waals surface area contributed by atoms with Gasteiger partial charge in [0.1, 0.15) is 18.8 Å². The van der Waals surface area contributed by atoms with Crippen molar-refractivity contribution in [3.63, 3.8) is 0 Å². The summed E-state index contributed by atoms with van der Waals surface area (Å²) < 4.78 is 27.7. The molecular formula is C28H26O9. The summed E-state index contributed by atoms with van der Waals surface area (Å²) in [5.41, 5.74) is 0.798. The van der Waals surface area contributed by atoms with Gasteiger partial charge < -0.3 is 28.8 Å². The van der Waals surface area contributed by atoms with Crippen LogP contribution in [-0.2, 0) is 23.7 Å². The van der Waals surface area contributed by atoms with Crippen molar-refractivity contribution < 1.29 is 43.2 Å². The molecule has 1 N–H and O–H groups in total. The summed E-state index contributed by atoms with van der Waals surface area (Å²) in [6, 6.07) is 24.7. The molecule has 9 nitrogen and oxygen atoms in total. The molecule has 3 aromatic rings. The Morgan fingerprint density at radius 1 is 0.703 bits per heavy atom. The number of hydrogen-bond acceptors (Lipinski definition) is 9. The fourth-order valence-corrected chi connectivity index (χ4v) is 3.83. The third-order valence-electron chi connectivity index (χ3n) is 5.74. The molecule has 4 rings (SSSR count). The lowest BCUT2D eigenvalue weighted by molar-refractivity contribution is -0.292. The Hall–Kier alpha value is -4.05. The normalized spacial score (nSPS) is 23.0. The lowest BCUT2D eigenvalue weighted by atomic mass is 9.98. The van der Waals surface area contributed by atoms with Crippen molar-refractivity contribution in [1.29, 1.82) is 0 Å². The Labute approximate surface area is 213 Å². The number of esters is 3. The number of benzene rings is 3. The quantitative estimate of drug-likeness (QED) is 0.363. The highest BCUT2D eigenvalue weighted by molar-refractivity contribution is 5.90. The molecule has 0 spiro atoms. The number of carbonyl (C=O) groups is 3. The number of aliphatic hydroxyl groups excluding tert-OH is 1. The van der Waals surface area contributed by atoms with E-state index in [-0.39, 0.29) is 17.7 Å². The molecule has 5 atom stereocenters. The van der Waals surface area contributed by atoms with Gasteiger partial charge in [0.05, 0.1) is 16.7 Å². The second-order valence-electron chi connectivity index (χ2n) is 8.21. The Morgan fingerprint density at radius 2 is 1.14 bits per heavy atom. The molecule has 1 saturated heterocycles. The van der Waals surface area contributed by atoms with Gasteiger partial charge in [0, 0.05) is 7.11 Å². The topological polar surface area (TPSA) is 118 Å². The van der Waals surface area contributed by atoms with Crippen LogP contribution in [0.2, 0.25) is 0 Å². The van der Waals surface area contributed by atoms with Gasteiger partial charge in [-0.3, -0.25) is 0 Å². The van der Waals surface area contributed by atoms with Gasteiger partial charge in [0.25, 0.3) is 0 Å². The van der Waals surface area contributed by atoms with Crippen molar-refractivity contribution in [3.05, 3.63) is 108 Å². The molecule has 3 aromatic carbocycles. The SMILES string of the molecule is CO[C@@H]1O[C@H](COC(=O)c2ccccc2)[C@H](O)[C@H](OC(=O)c2ccccc2)[C@@H]1OC(=O)c1ccccc1. The number of rotatable bonds is 8. The van der Waals surface area contributed by atoms with Crippen LogP contribution in [-0.4, -0.2) is 67.4 Å². The van der Waals surface area contributed by atoms with E-state index in [1.165, 1.54) is 7.11 Å². The Kier molecular flexibility index (Phi) is 8.63. The third kappa shape index (κ3) is 6.39. The first kappa shape index (κ1) is 26.0. The molecule has 0 aliphatic carbocycles. The average Bonchev–Trinajstić information content (AvgIpc) is 2.95. The molecular weight excluding hydrogens is 480 g/mol. The second-order valence-corrected chi connectivity index (χ2v) is 8.21. The summed E-state index contributed by atoms with van der Waals surface area (Å²) in [6.45, 7) is -0.368. The highest BCUT2D eigenvalue weighted by Gasteiger charge is 2.50. The molecule has 9 heteroatoms. The molecule has 192 valence electrons. The smallest absolute Gasteiger partial charge is 0.338 e. The van der Waals surface area contributed by atoms with Gasteiger partial charge in [-0.15, -0.1) is 0 Å². The van der Waals surface area contributed by atoms with Crippen LogP contribution in [0.15, 0.2) is 91.0 Å². The summed E-state index contributed by atoms with van der Waals surface area (Å²) in [5.74, 6) is -2.10. The fraction of sp³-hybridized carbons (Fsp3) is 0.250. The average molecular weight is 507 g/mol. The van der Waals surface area contributed by atoms with E-state index in [0.717, 1.165) is 0 Å². The molecule has 1 aliphatic rings. The minimum absolute atomic E-state index is 0.232. The van der Waals surface area contributed by atoms with Crippen LogP contribution in [0.25, 0.3) is 0 Å². The summed E-state index contributed by atoms with van der Waals surface area (Å²) in [4.78, 5) is 38.1. The monoisotopic (exact) mass is 506 g/mol. The predicted molar refractivity (Wildman–Crippen MR) is 130 cm³/mol. The van der Waals surface area contributed by atoms with E-state index < -0.39 is 48.6 Å². The van der Waals surface area contributed by atoms with Crippen LogP contribution >= 0.6 is 0 Å². The molecule has 0 aromatic heterocycles. The first-order chi connectivity index (χ1) is 18.0. The van der Waals surface area contributed by atoms with E-state index in [0.29, 0.717) is 5.56 Å². The zero-order valence-electron chi connectivity index (χ0n) is 20.0. The Balaban J connectivity index is 1.55. The Bertz CT molecular complexity index is 1180. The van der Waals surface area contributed by atoms with Gasteiger partial charge in [-0.25, -0.2) is 14.4 Å². The van der Waals surface area contributed by atoms with Crippen LogP contribution < -0.4 is 0 Å². The van der Waals surface area contributed by atoms with Crippen LogP contribution in [0.4, 0.5) is 0 Å². The van der Waals surface area contributed by atoms with Crippen LogP contribution in [0.3, 0.4) is 0 Å². The maximum absolute atomic E-state index is 12.9. The van der Waals surface area contributed by atoms with Gasteiger partial charge in [0.2, 0.25) is 0 Å². The maximum atomic E-state index is 12.9. The molecule has 37 heavy (non-hydrogen) atoms. The number of ether oxygens (including phenoxy) is 5. The molecule has 0 bridgehead atoms. The Morgan fingerprint density at radius 3 is 1.59 bits per heavy atom. The van der Waals surface area contributed by atoms with E-state index in [2.05, 4.69) is 0 Å². The molecule has 1 fully saturated rings. The summed E-state index contributed by atoms with van der Waals surface area (Å²) >= 11 is 0. The number of carbonyl (C=O) groups excluding carboxylic acids is 3. The van der Waals surface area contributed by atoms with E-state index in [1.54, 1.807) is 91.0 Å². The highest BCUT2D eigenvalue weighted by Crippen LogP contribution is 2.28. The maximum Gasteiger partial charge on any atom is 0.338 e. The van der Waals surface area contributed by atoms with Crippen molar-refractivity contribution >= 4 is 17.9 Å². The highest BCUT2D eigenvalue weighted by atomic mass is 16.7. The molecule has 1 heterocycles. The molecule has 0 amide bonds. The van der Waals surface area contributed by atoms with Crippen molar-refractivity contribution in [2.45, 2.75) is 30.7 Å². The predicted octanol–water partition coefficient (Wildman–Crippen LogP) is 3.03. The number of hydrogen-bond donors (Lipinski definition) is 1. The summed E-state index contributed by atoms with van der Waals surface area (Å²) in [7, 11) is 1.31. The second kappa shape index (κ2) is 12.3. The van der Waals surface area contributed by atoms with Gasteiger partial charge in [0.15, 0.2) is 18.5 Å². The van der Waals surface area contributed by atoms with E-state index in [1.807, 2.05) is 0 Å². The fourth-order valence-electron chi connectivity index (χ4n) is 3.83. The van der Waals surface area contributed by atoms with E-state index in [4.69, 9.17) is 23.7 Å². The standard InChI is InChI=1S/C28H26O9/c1-33-28-24(37-27(32)20-15-9-4-10-16-20)23(36-26(31)19-13-7-3-8-14-19)22(29)21(35-28)17-34-25(30)18-11-5-2-6-12-18/h2-16,21-24,28-29H,17H2,1H3/t21-,22+,23+,24+,28-/m1/s1. The zero-order valence-corrected chi connectivity index (χ0v) is 20.0. The zero-order chi connectivity index (χ0) is 26.2. The number of aliphatic hydroxyl groups is 1. The van der Waals surface area contributed by atoms with Gasteiger partial charge in [-0.1, -0.05) is 54.6 Å². The van der Waals surface area contributed by atoms with Gasteiger partial charge >= 0.3 is 17.9 Å². The molecule has 1 aliphatic heterocycles. The van der Waals surface area contributed by atoms with Crippen molar-refractivity contribution in [3.8, 4) is 0 Å². The van der Waals surface area contributed by atoms with Crippen LogP contribution in [0.1, 0.15) is 31.1 Å². The van der Waals surface area contributed by atoms with Crippen molar-refractivity contribution in [2.75, 3.05) is 13.7 Å². The van der Waals surface area contributed by atoms with Gasteiger partial charge in [-0.05, 0) is 36.4 Å². The van der Waals surface area contributed by atoms with Crippen molar-refractivity contribution in [1.82, 2.24) is 0 Å². The molecule has 0 radical (unpaired) electrons. The summed E-state index contributed by atoms with van der Waals surface area (Å²) in [5, 5.41) is 11.1. The minimum atomic E-state index is -1.52. The molecule has 0 unspecified atom stereocenters. The third-order valence-corrected chi connectivity index (χ3v) is 5.74. The van der Waals surface area contributed by atoms with Gasteiger partial charge in [-0.2, -0.15) is 0 Å². The minimum Gasteiger partial charge on any atom is -0.459 e. The van der Waals surface area contributed by atoms with Crippen LogP contribution in [0.5, 0.6) is 0 Å². The first-order valence-electron chi connectivity index (χ1n) is 11.6. The lowest BCUT2D eigenvalue weighted by Gasteiger charge is -2.42. The lowest BCUT2D eigenvalue weighted by Crippen LogP contribution is -2.61. The van der Waals surface area contributed by atoms with E-state index in [9.17, 15) is 19.5 Å². The van der Waals surface area contributed by atoms with Crippen molar-refractivity contribution in [2.24, 2.45) is 0 Å². The molecule has 0 saturated carbocycles. The number of methoxy groups -OCH3 is 1.